The Morgan fingerprint density at radius 3 is 3.12 bits per heavy atom. The Morgan fingerprint density at radius 1 is 1.35 bits per heavy atom. The molecular weight excluding hydrogens is 326 g/mol. The van der Waals surface area contributed by atoms with Crippen molar-refractivity contribution in [2.24, 2.45) is 0 Å². The number of nitrogens with one attached hydrogen (secondary N) is 1. The van der Waals surface area contributed by atoms with E-state index in [1.54, 1.807) is 6.20 Å². The topological polar surface area (TPSA) is 58.2 Å². The number of pyridine rings is 1. The summed E-state index contributed by atoms with van der Waals surface area (Å²) in [6, 6.07) is 12.2. The molecule has 3 heterocycles. The van der Waals surface area contributed by atoms with Gasteiger partial charge in [0.05, 0.1) is 13.2 Å². The monoisotopic (exact) mass is 349 g/mol. The second-order valence-corrected chi connectivity index (χ2v) is 6.79. The summed E-state index contributed by atoms with van der Waals surface area (Å²) in [5, 5.41) is 1.20. The molecule has 3 aromatic rings. The number of hydrogen-bond acceptors (Lipinski definition) is 3. The Balaban J connectivity index is 1.40. The van der Waals surface area contributed by atoms with Gasteiger partial charge in [-0.25, -0.2) is 0 Å². The van der Waals surface area contributed by atoms with Crippen LogP contribution < -0.4 is 0 Å². The molecule has 5 nitrogen and oxygen atoms in total. The smallest absolute Gasteiger partial charge is 0.223 e. The van der Waals surface area contributed by atoms with Crippen molar-refractivity contribution in [2.75, 3.05) is 19.7 Å². The van der Waals surface area contributed by atoms with Crippen LogP contribution in [-0.2, 0) is 16.0 Å². The van der Waals surface area contributed by atoms with Gasteiger partial charge >= 0.3 is 0 Å². The molecular formula is C21H23N3O2. The standard InChI is InChI=1S/C21H23N3O2/c1-15-12-16(8-9-22-15)20-14-24(10-11-26-20)21(25)7-6-17-13-23-19-5-3-2-4-18(17)19/h2-5,8-9,12-13,20,23H,6-7,10-11,14H2,1H3/t20-/m0/s1. The third kappa shape index (κ3) is 3.48. The molecule has 1 aromatic carbocycles. The van der Waals surface area contributed by atoms with E-state index in [0.717, 1.165) is 23.2 Å². The van der Waals surface area contributed by atoms with Crippen LogP contribution in [0.2, 0.25) is 0 Å². The number of fused-ring (bicyclic) bond motifs is 1. The second-order valence-electron chi connectivity index (χ2n) is 6.79. The molecule has 1 aliphatic rings. The van der Waals surface area contributed by atoms with Crippen LogP contribution in [0.25, 0.3) is 10.9 Å². The van der Waals surface area contributed by atoms with Gasteiger partial charge < -0.3 is 14.6 Å². The number of aromatic amines is 1. The summed E-state index contributed by atoms with van der Waals surface area (Å²) in [4.78, 5) is 22.2. The maximum Gasteiger partial charge on any atom is 0.223 e. The minimum absolute atomic E-state index is 0.0671. The zero-order valence-electron chi connectivity index (χ0n) is 14.9. The number of aromatic nitrogens is 2. The van der Waals surface area contributed by atoms with Crippen LogP contribution >= 0.6 is 0 Å². The van der Waals surface area contributed by atoms with E-state index in [4.69, 9.17) is 4.74 Å². The molecule has 5 heteroatoms. The summed E-state index contributed by atoms with van der Waals surface area (Å²) in [7, 11) is 0. The minimum atomic E-state index is -0.0671. The fraction of sp³-hybridized carbons (Fsp3) is 0.333. The lowest BCUT2D eigenvalue weighted by molar-refractivity contribution is -0.139. The van der Waals surface area contributed by atoms with Crippen LogP contribution in [0, 0.1) is 6.92 Å². The molecule has 1 fully saturated rings. The van der Waals surface area contributed by atoms with Gasteiger partial charge in [0.15, 0.2) is 0 Å². The Labute approximate surface area is 153 Å². The molecule has 26 heavy (non-hydrogen) atoms. The first-order valence-electron chi connectivity index (χ1n) is 9.07. The van der Waals surface area contributed by atoms with Crippen molar-refractivity contribution in [3.8, 4) is 0 Å². The van der Waals surface area contributed by atoms with E-state index in [-0.39, 0.29) is 12.0 Å². The molecule has 2 aromatic heterocycles. The number of aryl methyl sites for hydroxylation is 2. The van der Waals surface area contributed by atoms with Crippen molar-refractivity contribution in [3.05, 3.63) is 65.6 Å². The number of para-hydroxylation sites is 1. The normalized spacial score (nSPS) is 17.6. The molecule has 0 aliphatic carbocycles. The SMILES string of the molecule is Cc1cc([C@@H]2CN(C(=O)CCc3c[nH]c4ccccc34)CCO2)ccn1. The fourth-order valence-corrected chi connectivity index (χ4v) is 3.58. The first-order chi connectivity index (χ1) is 12.7. The largest absolute Gasteiger partial charge is 0.370 e. The molecule has 134 valence electrons. The molecule has 0 radical (unpaired) electrons. The van der Waals surface area contributed by atoms with Crippen LogP contribution in [0.3, 0.4) is 0 Å². The second kappa shape index (κ2) is 7.30. The lowest BCUT2D eigenvalue weighted by Crippen LogP contribution is -2.42. The van der Waals surface area contributed by atoms with Gasteiger partial charge in [0.1, 0.15) is 6.10 Å². The van der Waals surface area contributed by atoms with E-state index >= 15 is 0 Å². The van der Waals surface area contributed by atoms with Crippen LogP contribution in [0.5, 0.6) is 0 Å². The third-order valence-electron chi connectivity index (χ3n) is 4.99. The highest BCUT2D eigenvalue weighted by molar-refractivity contribution is 5.84. The summed E-state index contributed by atoms with van der Waals surface area (Å²) in [6.45, 7) is 3.81. The zero-order chi connectivity index (χ0) is 17.9. The van der Waals surface area contributed by atoms with E-state index in [0.29, 0.717) is 26.1 Å². The number of nitrogens with zero attached hydrogens (tertiary/aromatic N) is 2. The number of carbonyl (C=O) groups excluding carboxylic acids is 1. The van der Waals surface area contributed by atoms with E-state index in [1.807, 2.05) is 42.3 Å². The number of amides is 1. The lowest BCUT2D eigenvalue weighted by Gasteiger charge is -2.33. The highest BCUT2D eigenvalue weighted by Crippen LogP contribution is 2.24. The molecule has 1 amide bonds. The van der Waals surface area contributed by atoms with Crippen molar-refractivity contribution in [2.45, 2.75) is 25.9 Å². The number of ether oxygens (including phenoxy) is 1. The van der Waals surface area contributed by atoms with Crippen LogP contribution in [-0.4, -0.2) is 40.5 Å². The molecule has 1 aliphatic heterocycles. The first-order valence-corrected chi connectivity index (χ1v) is 9.07. The molecule has 0 bridgehead atoms. The van der Waals surface area contributed by atoms with Crippen molar-refractivity contribution in [3.63, 3.8) is 0 Å². The Hall–Kier alpha value is -2.66. The number of hydrogen-bond donors (Lipinski definition) is 1. The highest BCUT2D eigenvalue weighted by atomic mass is 16.5. The minimum Gasteiger partial charge on any atom is -0.370 e. The van der Waals surface area contributed by atoms with Crippen molar-refractivity contribution in [1.82, 2.24) is 14.9 Å². The van der Waals surface area contributed by atoms with Gasteiger partial charge in [0, 0.05) is 42.0 Å². The molecule has 0 unspecified atom stereocenters. The van der Waals surface area contributed by atoms with E-state index in [1.165, 1.54) is 10.9 Å². The summed E-state index contributed by atoms with van der Waals surface area (Å²) in [6.07, 6.45) is 5.01. The van der Waals surface area contributed by atoms with Crippen molar-refractivity contribution >= 4 is 16.8 Å². The van der Waals surface area contributed by atoms with Gasteiger partial charge in [-0.05, 0) is 42.7 Å². The van der Waals surface area contributed by atoms with Gasteiger partial charge in [-0.3, -0.25) is 9.78 Å². The van der Waals surface area contributed by atoms with Gasteiger partial charge in [-0.1, -0.05) is 18.2 Å². The van der Waals surface area contributed by atoms with E-state index in [9.17, 15) is 4.79 Å². The molecule has 4 rings (SSSR count). The number of benzene rings is 1. The van der Waals surface area contributed by atoms with Gasteiger partial charge in [-0.2, -0.15) is 0 Å². The molecule has 1 N–H and O–H groups in total. The summed E-state index contributed by atoms with van der Waals surface area (Å²) < 4.78 is 5.88. The molecule has 0 saturated carbocycles. The number of H-pyrrole nitrogens is 1. The number of carbonyl (C=O) groups is 1. The average molecular weight is 349 g/mol. The Kier molecular flexibility index (Phi) is 4.71. The maximum absolute atomic E-state index is 12.7. The quantitative estimate of drug-likeness (QED) is 0.785. The number of morpholine rings is 1. The fourth-order valence-electron chi connectivity index (χ4n) is 3.58. The summed E-state index contributed by atoms with van der Waals surface area (Å²) >= 11 is 0. The van der Waals surface area contributed by atoms with Crippen LogP contribution in [0.15, 0.2) is 48.8 Å². The van der Waals surface area contributed by atoms with Crippen LogP contribution in [0.4, 0.5) is 0 Å². The van der Waals surface area contributed by atoms with Gasteiger partial charge in [0.25, 0.3) is 0 Å². The lowest BCUT2D eigenvalue weighted by atomic mass is 10.1. The third-order valence-corrected chi connectivity index (χ3v) is 4.99. The Morgan fingerprint density at radius 2 is 2.23 bits per heavy atom. The average Bonchev–Trinajstić information content (AvgIpc) is 3.09. The molecule has 1 saturated heterocycles. The van der Waals surface area contributed by atoms with Crippen molar-refractivity contribution < 1.29 is 9.53 Å². The maximum atomic E-state index is 12.7. The van der Waals surface area contributed by atoms with Crippen LogP contribution in [0.1, 0.15) is 29.3 Å². The molecule has 0 spiro atoms. The highest BCUT2D eigenvalue weighted by Gasteiger charge is 2.25. The predicted octanol–water partition coefficient (Wildman–Crippen LogP) is 3.40. The van der Waals surface area contributed by atoms with Gasteiger partial charge in [-0.15, -0.1) is 0 Å². The first kappa shape index (κ1) is 16.8. The van der Waals surface area contributed by atoms with E-state index in [2.05, 4.69) is 22.1 Å². The summed E-state index contributed by atoms with van der Waals surface area (Å²) in [5.41, 5.74) is 4.37. The van der Waals surface area contributed by atoms with E-state index < -0.39 is 0 Å². The zero-order valence-corrected chi connectivity index (χ0v) is 14.9. The van der Waals surface area contributed by atoms with Gasteiger partial charge in [0.2, 0.25) is 5.91 Å². The molecule has 1 atom stereocenters. The predicted molar refractivity (Wildman–Crippen MR) is 101 cm³/mol. The number of rotatable bonds is 4. The Bertz CT molecular complexity index is 918. The van der Waals surface area contributed by atoms with Crippen molar-refractivity contribution in [1.29, 1.82) is 0 Å². The summed E-state index contributed by atoms with van der Waals surface area (Å²) in [5.74, 6) is 0.189.